The number of halogens is 1. The van der Waals surface area contributed by atoms with E-state index in [1.165, 1.54) is 6.07 Å². The minimum Gasteiger partial charge on any atom is -0.457 e. The predicted molar refractivity (Wildman–Crippen MR) is 78.6 cm³/mol. The molecule has 104 valence electrons. The first-order chi connectivity index (χ1) is 9.52. The molecule has 0 N–H and O–H groups in total. The second-order valence-electron chi connectivity index (χ2n) is 4.49. The van der Waals surface area contributed by atoms with Gasteiger partial charge in [-0.3, -0.25) is 10.1 Å². The van der Waals surface area contributed by atoms with Crippen LogP contribution in [0, 0.1) is 24.0 Å². The third-order valence-corrected chi connectivity index (χ3v) is 3.37. The number of nitrogens with zero attached hydrogens (tertiary/aromatic N) is 1. The highest BCUT2D eigenvalue weighted by molar-refractivity contribution is 6.17. The Hall–Kier alpha value is -2.07. The van der Waals surface area contributed by atoms with Crippen molar-refractivity contribution in [2.45, 2.75) is 19.7 Å². The summed E-state index contributed by atoms with van der Waals surface area (Å²) in [5, 5.41) is 10.9. The zero-order valence-electron chi connectivity index (χ0n) is 11.2. The van der Waals surface area contributed by atoms with E-state index in [1.54, 1.807) is 19.1 Å². The second kappa shape index (κ2) is 5.92. The van der Waals surface area contributed by atoms with E-state index in [-0.39, 0.29) is 5.69 Å². The Bertz CT molecular complexity index is 656. The van der Waals surface area contributed by atoms with Crippen molar-refractivity contribution in [3.05, 3.63) is 63.2 Å². The fraction of sp³-hybridized carbons (Fsp3) is 0.200. The monoisotopic (exact) mass is 291 g/mol. The molecule has 2 aromatic carbocycles. The standard InChI is InChI=1S/C15H14ClNO3/c1-10-8-12(9-16)6-7-14(10)20-15-5-3-4-13(11(15)2)17(18)19/h3-8H,9H2,1-2H3. The van der Waals surface area contributed by atoms with Crippen LogP contribution in [0.1, 0.15) is 16.7 Å². The molecule has 0 saturated carbocycles. The van der Waals surface area contributed by atoms with Gasteiger partial charge in [-0.15, -0.1) is 11.6 Å². The number of nitro groups is 1. The van der Waals surface area contributed by atoms with Crippen LogP contribution in [0.2, 0.25) is 0 Å². The second-order valence-corrected chi connectivity index (χ2v) is 4.76. The first kappa shape index (κ1) is 14.3. The van der Waals surface area contributed by atoms with Crippen LogP contribution in [0.5, 0.6) is 11.5 Å². The van der Waals surface area contributed by atoms with E-state index in [0.29, 0.717) is 22.9 Å². The van der Waals surface area contributed by atoms with Gasteiger partial charge in [0.15, 0.2) is 0 Å². The van der Waals surface area contributed by atoms with Crippen LogP contribution in [-0.4, -0.2) is 4.92 Å². The molecule has 2 aromatic rings. The molecule has 0 aliphatic carbocycles. The van der Waals surface area contributed by atoms with E-state index in [4.69, 9.17) is 16.3 Å². The summed E-state index contributed by atoms with van der Waals surface area (Å²) in [6.45, 7) is 3.59. The minimum absolute atomic E-state index is 0.0533. The van der Waals surface area contributed by atoms with Crippen LogP contribution < -0.4 is 4.74 Å². The lowest BCUT2D eigenvalue weighted by molar-refractivity contribution is -0.385. The Labute approximate surface area is 122 Å². The van der Waals surface area contributed by atoms with Gasteiger partial charge in [-0.25, -0.2) is 0 Å². The molecular formula is C15H14ClNO3. The van der Waals surface area contributed by atoms with Crippen LogP contribution in [0.3, 0.4) is 0 Å². The first-order valence-electron chi connectivity index (χ1n) is 6.10. The fourth-order valence-electron chi connectivity index (χ4n) is 1.94. The van der Waals surface area contributed by atoms with E-state index in [2.05, 4.69) is 0 Å². The zero-order valence-corrected chi connectivity index (χ0v) is 12.0. The molecule has 0 radical (unpaired) electrons. The Morgan fingerprint density at radius 2 is 1.95 bits per heavy atom. The summed E-state index contributed by atoms with van der Waals surface area (Å²) in [7, 11) is 0. The average molecular weight is 292 g/mol. The number of hydrogen-bond acceptors (Lipinski definition) is 3. The highest BCUT2D eigenvalue weighted by Gasteiger charge is 2.15. The molecule has 4 nitrogen and oxygen atoms in total. The van der Waals surface area contributed by atoms with E-state index in [9.17, 15) is 10.1 Å². The van der Waals surface area contributed by atoms with Crippen molar-refractivity contribution in [2.75, 3.05) is 0 Å². The highest BCUT2D eigenvalue weighted by atomic mass is 35.5. The van der Waals surface area contributed by atoms with Crippen molar-refractivity contribution in [2.24, 2.45) is 0 Å². The predicted octanol–water partition coefficient (Wildman–Crippen LogP) is 4.74. The number of rotatable bonds is 4. The maximum absolute atomic E-state index is 10.9. The Balaban J connectivity index is 2.35. The third kappa shape index (κ3) is 2.91. The lowest BCUT2D eigenvalue weighted by Crippen LogP contribution is -1.95. The summed E-state index contributed by atoms with van der Waals surface area (Å²) in [5.41, 5.74) is 2.51. The van der Waals surface area contributed by atoms with Gasteiger partial charge in [0, 0.05) is 11.9 Å². The number of hydrogen-bond donors (Lipinski definition) is 0. The van der Waals surface area contributed by atoms with Gasteiger partial charge < -0.3 is 4.74 Å². The average Bonchev–Trinajstić information content (AvgIpc) is 2.42. The van der Waals surface area contributed by atoms with Gasteiger partial charge in [-0.05, 0) is 37.1 Å². The molecule has 0 saturated heterocycles. The molecule has 0 atom stereocenters. The van der Waals surface area contributed by atoms with E-state index in [1.807, 2.05) is 25.1 Å². The van der Waals surface area contributed by atoms with Crippen molar-refractivity contribution in [1.29, 1.82) is 0 Å². The SMILES string of the molecule is Cc1cc(CCl)ccc1Oc1cccc([N+](=O)[O-])c1C. The maximum Gasteiger partial charge on any atom is 0.276 e. The van der Waals surface area contributed by atoms with Gasteiger partial charge >= 0.3 is 0 Å². The van der Waals surface area contributed by atoms with Crippen molar-refractivity contribution in [1.82, 2.24) is 0 Å². The number of nitro benzene ring substituents is 1. The Morgan fingerprint density at radius 3 is 2.55 bits per heavy atom. The molecule has 0 amide bonds. The lowest BCUT2D eigenvalue weighted by atomic mass is 10.1. The van der Waals surface area contributed by atoms with Gasteiger partial charge in [0.25, 0.3) is 5.69 Å². The van der Waals surface area contributed by atoms with Crippen LogP contribution >= 0.6 is 11.6 Å². The summed E-state index contributed by atoms with van der Waals surface area (Å²) >= 11 is 5.78. The minimum atomic E-state index is -0.411. The normalized spacial score (nSPS) is 10.3. The van der Waals surface area contributed by atoms with E-state index in [0.717, 1.165) is 11.1 Å². The van der Waals surface area contributed by atoms with Crippen molar-refractivity contribution in [3.8, 4) is 11.5 Å². The Kier molecular flexibility index (Phi) is 4.25. The number of aryl methyl sites for hydroxylation is 1. The highest BCUT2D eigenvalue weighted by Crippen LogP contribution is 2.32. The van der Waals surface area contributed by atoms with Gasteiger partial charge in [0.2, 0.25) is 0 Å². The summed E-state index contributed by atoms with van der Waals surface area (Å²) in [4.78, 5) is 10.5. The van der Waals surface area contributed by atoms with E-state index >= 15 is 0 Å². The molecule has 0 fully saturated rings. The summed E-state index contributed by atoms with van der Waals surface area (Å²) in [6, 6.07) is 10.4. The van der Waals surface area contributed by atoms with Gasteiger partial charge in [0.05, 0.1) is 10.5 Å². The number of benzene rings is 2. The summed E-state index contributed by atoms with van der Waals surface area (Å²) < 4.78 is 5.78. The quantitative estimate of drug-likeness (QED) is 0.464. The molecule has 0 aromatic heterocycles. The Morgan fingerprint density at radius 1 is 1.20 bits per heavy atom. The fourth-order valence-corrected chi connectivity index (χ4v) is 2.11. The lowest BCUT2D eigenvalue weighted by Gasteiger charge is -2.11. The van der Waals surface area contributed by atoms with Gasteiger partial charge in [-0.1, -0.05) is 18.2 Å². The molecular weight excluding hydrogens is 278 g/mol. The van der Waals surface area contributed by atoms with Crippen LogP contribution in [0.15, 0.2) is 36.4 Å². The molecule has 0 bridgehead atoms. The maximum atomic E-state index is 10.9. The first-order valence-corrected chi connectivity index (χ1v) is 6.63. The largest absolute Gasteiger partial charge is 0.457 e. The summed E-state index contributed by atoms with van der Waals surface area (Å²) in [5.74, 6) is 1.60. The molecule has 0 unspecified atom stereocenters. The van der Waals surface area contributed by atoms with E-state index < -0.39 is 4.92 Å². The molecule has 0 aliphatic rings. The van der Waals surface area contributed by atoms with Crippen LogP contribution in [-0.2, 0) is 5.88 Å². The molecule has 0 aliphatic heterocycles. The smallest absolute Gasteiger partial charge is 0.276 e. The molecule has 0 spiro atoms. The van der Waals surface area contributed by atoms with Crippen LogP contribution in [0.25, 0.3) is 0 Å². The summed E-state index contributed by atoms with van der Waals surface area (Å²) in [6.07, 6.45) is 0. The van der Waals surface area contributed by atoms with Gasteiger partial charge in [0.1, 0.15) is 11.5 Å². The molecule has 20 heavy (non-hydrogen) atoms. The third-order valence-electron chi connectivity index (χ3n) is 3.07. The van der Waals surface area contributed by atoms with Crippen molar-refractivity contribution in [3.63, 3.8) is 0 Å². The number of alkyl halides is 1. The topological polar surface area (TPSA) is 52.4 Å². The van der Waals surface area contributed by atoms with Crippen molar-refractivity contribution >= 4 is 17.3 Å². The molecule has 5 heteroatoms. The van der Waals surface area contributed by atoms with Crippen molar-refractivity contribution < 1.29 is 9.66 Å². The number of ether oxygens (including phenoxy) is 1. The molecule has 2 rings (SSSR count). The van der Waals surface area contributed by atoms with Crippen LogP contribution in [0.4, 0.5) is 5.69 Å². The molecule has 0 heterocycles. The van der Waals surface area contributed by atoms with Gasteiger partial charge in [-0.2, -0.15) is 0 Å². The zero-order chi connectivity index (χ0) is 14.7.